The predicted octanol–water partition coefficient (Wildman–Crippen LogP) is 2.85. The average Bonchev–Trinajstić information content (AvgIpc) is 3.37. The highest BCUT2D eigenvalue weighted by Gasteiger charge is 2.30. The first-order valence-corrected chi connectivity index (χ1v) is 8.78. The van der Waals surface area contributed by atoms with Crippen molar-refractivity contribution in [3.8, 4) is 0 Å². The van der Waals surface area contributed by atoms with Gasteiger partial charge in [0.2, 0.25) is 0 Å². The summed E-state index contributed by atoms with van der Waals surface area (Å²) < 4.78 is 5.05. The van der Waals surface area contributed by atoms with Gasteiger partial charge in [-0.1, -0.05) is 30.1 Å². The number of amides is 1. The van der Waals surface area contributed by atoms with Gasteiger partial charge >= 0.3 is 11.7 Å². The first kappa shape index (κ1) is 19.1. The molecule has 1 aromatic rings. The molecule has 1 heterocycles. The number of anilines is 1. The van der Waals surface area contributed by atoms with Crippen LogP contribution in [0.25, 0.3) is 0 Å². The topological polar surface area (TPSA) is 86.8 Å². The summed E-state index contributed by atoms with van der Waals surface area (Å²) in [5.41, 5.74) is 5.51. The smallest absolute Gasteiger partial charge is 0.405 e. The number of nitrogens with zero attached hydrogens (tertiary/aromatic N) is 1. The number of pyridine rings is 1. The van der Waals surface area contributed by atoms with Gasteiger partial charge in [-0.15, -0.1) is 0 Å². The summed E-state index contributed by atoms with van der Waals surface area (Å²) in [6.45, 7) is 2.97. The molecular formula is C15H19Cl3N3O3+. The van der Waals surface area contributed by atoms with Crippen molar-refractivity contribution in [2.24, 2.45) is 5.92 Å². The number of hydrogen-bond donors (Lipinski definition) is 1. The zero-order valence-corrected chi connectivity index (χ0v) is 15.5. The Balaban J connectivity index is 2.00. The third kappa shape index (κ3) is 4.65. The number of nitrogens with two attached hydrogens (primary N) is 1. The quantitative estimate of drug-likeness (QED) is 0.568. The summed E-state index contributed by atoms with van der Waals surface area (Å²) in [6.07, 6.45) is 3.12. The van der Waals surface area contributed by atoms with Gasteiger partial charge in [0.25, 0.3) is 11.1 Å². The van der Waals surface area contributed by atoms with Crippen molar-refractivity contribution in [3.63, 3.8) is 0 Å². The number of H-pyrrole nitrogens is 1. The Kier molecular flexibility index (Phi) is 6.54. The van der Waals surface area contributed by atoms with E-state index < -0.39 is 5.97 Å². The number of esters is 1. The lowest BCUT2D eigenvalue weighted by Crippen LogP contribution is -2.37. The minimum atomic E-state index is -0.818. The van der Waals surface area contributed by atoms with Gasteiger partial charge in [0.05, 0.1) is 5.69 Å². The van der Waals surface area contributed by atoms with Gasteiger partial charge in [-0.25, -0.2) is 4.79 Å². The average molecular weight is 396 g/mol. The molecule has 0 aromatic carbocycles. The molecule has 0 radical (unpaired) electrons. The number of aromatic nitrogens is 1. The van der Waals surface area contributed by atoms with E-state index in [1.54, 1.807) is 4.90 Å². The Morgan fingerprint density at radius 1 is 1.29 bits per heavy atom. The summed E-state index contributed by atoms with van der Waals surface area (Å²) in [6, 6.07) is 0. The molecule has 1 saturated carbocycles. The molecule has 1 aliphatic rings. The molecule has 132 valence electrons. The molecule has 24 heavy (non-hydrogen) atoms. The first-order chi connectivity index (χ1) is 11.3. The van der Waals surface area contributed by atoms with Crippen molar-refractivity contribution in [2.75, 3.05) is 25.4 Å². The van der Waals surface area contributed by atoms with Crippen LogP contribution < -0.4 is 10.7 Å². The predicted molar refractivity (Wildman–Crippen MR) is 92.3 cm³/mol. The van der Waals surface area contributed by atoms with Crippen molar-refractivity contribution in [1.29, 1.82) is 0 Å². The van der Waals surface area contributed by atoms with E-state index in [2.05, 4.69) is 4.98 Å². The molecule has 2 rings (SSSR count). The van der Waals surface area contributed by atoms with E-state index in [4.69, 9.17) is 45.3 Å². The van der Waals surface area contributed by atoms with E-state index in [-0.39, 0.29) is 39.1 Å². The molecule has 0 atom stereocenters. The monoisotopic (exact) mass is 394 g/mol. The van der Waals surface area contributed by atoms with E-state index in [0.29, 0.717) is 19.0 Å². The van der Waals surface area contributed by atoms with Crippen LogP contribution in [0.15, 0.2) is 0 Å². The van der Waals surface area contributed by atoms with Crippen molar-refractivity contribution in [3.05, 3.63) is 20.9 Å². The number of ether oxygens (including phenoxy) is 1. The van der Waals surface area contributed by atoms with Gasteiger partial charge in [0.15, 0.2) is 6.61 Å². The summed E-state index contributed by atoms with van der Waals surface area (Å²) >= 11 is 17.7. The normalized spacial score (nSPS) is 13.7. The third-order valence-electron chi connectivity index (χ3n) is 3.67. The number of nitrogens with one attached hydrogen (secondary N) is 1. The molecule has 0 saturated heterocycles. The summed E-state index contributed by atoms with van der Waals surface area (Å²) in [7, 11) is 0. The highest BCUT2D eigenvalue weighted by Crippen LogP contribution is 2.32. The molecule has 0 bridgehead atoms. The number of halogens is 3. The van der Waals surface area contributed by atoms with E-state index in [0.717, 1.165) is 19.3 Å². The van der Waals surface area contributed by atoms with E-state index in [9.17, 15) is 9.59 Å². The lowest BCUT2D eigenvalue weighted by atomic mass is 10.3. The van der Waals surface area contributed by atoms with Crippen LogP contribution >= 0.6 is 34.8 Å². The largest absolute Gasteiger partial charge is 0.448 e. The minimum Gasteiger partial charge on any atom is -0.448 e. The molecule has 1 aromatic heterocycles. The van der Waals surface area contributed by atoms with Gasteiger partial charge in [-0.05, 0) is 36.8 Å². The summed E-state index contributed by atoms with van der Waals surface area (Å²) in [4.78, 5) is 28.6. The summed E-state index contributed by atoms with van der Waals surface area (Å²) in [5.74, 6) is -0.489. The molecule has 1 amide bonds. The Morgan fingerprint density at radius 3 is 2.54 bits per heavy atom. The van der Waals surface area contributed by atoms with Gasteiger partial charge < -0.3 is 15.4 Å². The number of aromatic amines is 1. The van der Waals surface area contributed by atoms with Crippen molar-refractivity contribution < 1.29 is 19.3 Å². The maximum absolute atomic E-state index is 12.2. The highest BCUT2D eigenvalue weighted by molar-refractivity contribution is 6.45. The Labute approximate surface area is 155 Å². The second-order valence-electron chi connectivity index (χ2n) is 5.71. The fraction of sp³-hybridized carbons (Fsp3) is 0.533. The van der Waals surface area contributed by atoms with Gasteiger partial charge in [0, 0.05) is 13.1 Å². The third-order valence-corrected chi connectivity index (χ3v) is 4.84. The maximum Gasteiger partial charge on any atom is 0.405 e. The Hall–Kier alpha value is -1.24. The molecule has 1 fully saturated rings. The molecule has 0 spiro atoms. The molecule has 6 nitrogen and oxygen atoms in total. The van der Waals surface area contributed by atoms with Crippen LogP contribution in [0, 0.1) is 5.92 Å². The van der Waals surface area contributed by atoms with Crippen LogP contribution in [0.1, 0.15) is 36.7 Å². The van der Waals surface area contributed by atoms with Gasteiger partial charge in [-0.2, -0.15) is 4.98 Å². The van der Waals surface area contributed by atoms with Gasteiger partial charge in [-0.3, -0.25) is 4.79 Å². The lowest BCUT2D eigenvalue weighted by molar-refractivity contribution is -0.380. The second-order valence-corrected chi connectivity index (χ2v) is 6.85. The highest BCUT2D eigenvalue weighted by atomic mass is 35.5. The Morgan fingerprint density at radius 2 is 1.96 bits per heavy atom. The van der Waals surface area contributed by atoms with Crippen LogP contribution in [-0.2, 0) is 9.53 Å². The zero-order valence-electron chi connectivity index (χ0n) is 13.2. The molecule has 0 aliphatic heterocycles. The number of carbonyl (C=O) groups is 2. The van der Waals surface area contributed by atoms with Crippen LogP contribution in [-0.4, -0.2) is 36.5 Å². The number of nitrogen functional groups attached to an aromatic ring is 1. The molecule has 9 heteroatoms. The number of rotatable bonds is 7. The molecular weight excluding hydrogens is 377 g/mol. The fourth-order valence-electron chi connectivity index (χ4n) is 2.20. The lowest BCUT2D eigenvalue weighted by Gasteiger charge is -2.21. The van der Waals surface area contributed by atoms with Gasteiger partial charge in [0.1, 0.15) is 10.0 Å². The van der Waals surface area contributed by atoms with Crippen LogP contribution in [0.3, 0.4) is 0 Å². The standard InChI is InChI=1S/C15H18Cl3N3O3/c1-2-5-21(6-8-3-4-8)9(22)7-24-15(23)13-10(16)12(19)11(17)14(18)20-13/h8H,2-7H2,1H3,(H2,19,20)/p+1. The van der Waals surface area contributed by atoms with Crippen molar-refractivity contribution in [1.82, 2.24) is 4.90 Å². The fourth-order valence-corrected chi connectivity index (χ4v) is 2.81. The van der Waals surface area contributed by atoms with Crippen LogP contribution in [0.2, 0.25) is 15.2 Å². The number of hydrogen-bond acceptors (Lipinski definition) is 4. The van der Waals surface area contributed by atoms with Crippen molar-refractivity contribution in [2.45, 2.75) is 26.2 Å². The second kappa shape index (κ2) is 8.23. The molecule has 1 aliphatic carbocycles. The minimum absolute atomic E-state index is 0.0212. The zero-order chi connectivity index (χ0) is 17.9. The maximum atomic E-state index is 12.2. The SMILES string of the molecule is CCCN(CC1CC1)C(=O)COC(=O)c1[nH+]c(Cl)c(Cl)c(N)c1Cl. The van der Waals surface area contributed by atoms with Crippen molar-refractivity contribution >= 4 is 52.4 Å². The molecule has 3 N–H and O–H groups in total. The first-order valence-electron chi connectivity index (χ1n) is 7.65. The van der Waals surface area contributed by atoms with E-state index >= 15 is 0 Å². The number of carbonyl (C=O) groups excluding carboxylic acids is 2. The van der Waals surface area contributed by atoms with Crippen LogP contribution in [0.4, 0.5) is 5.69 Å². The molecule has 0 unspecified atom stereocenters. The van der Waals surface area contributed by atoms with E-state index in [1.807, 2.05) is 6.92 Å². The Bertz CT molecular complexity index is 651. The summed E-state index contributed by atoms with van der Waals surface area (Å²) in [5, 5.41) is -0.101. The van der Waals surface area contributed by atoms with E-state index in [1.165, 1.54) is 0 Å². The van der Waals surface area contributed by atoms with Crippen LogP contribution in [0.5, 0.6) is 0 Å².